The highest BCUT2D eigenvalue weighted by atomic mass is 32.2. The number of hydrogen-bond donors (Lipinski definition) is 2. The van der Waals surface area contributed by atoms with Crippen molar-refractivity contribution in [2.45, 2.75) is 55.5 Å². The first-order valence-electron chi connectivity index (χ1n) is 16.5. The van der Waals surface area contributed by atoms with Crippen molar-refractivity contribution in [3.8, 4) is 27.6 Å². The highest BCUT2D eigenvalue weighted by Crippen LogP contribution is 2.53. The molecule has 1 unspecified atom stereocenters. The van der Waals surface area contributed by atoms with Gasteiger partial charge in [0.15, 0.2) is 0 Å². The Morgan fingerprint density at radius 2 is 1.98 bits per heavy atom. The van der Waals surface area contributed by atoms with Crippen LogP contribution in [0, 0.1) is 5.82 Å². The predicted octanol–water partition coefficient (Wildman–Crippen LogP) is 6.57. The third kappa shape index (κ3) is 4.95. The smallest absolute Gasteiger partial charge is 0.434 e. The molecule has 0 spiro atoms. The number of rotatable bonds is 8. The highest BCUT2D eigenvalue weighted by molar-refractivity contribution is 7.89. The van der Waals surface area contributed by atoms with E-state index < -0.39 is 15.8 Å². The summed E-state index contributed by atoms with van der Waals surface area (Å²) >= 11 is 1.42. The van der Waals surface area contributed by atoms with E-state index in [-0.39, 0.29) is 28.7 Å². The Morgan fingerprint density at radius 1 is 1.12 bits per heavy atom. The molecule has 1 aliphatic carbocycles. The molecule has 0 radical (unpaired) electrons. The van der Waals surface area contributed by atoms with E-state index in [1.807, 2.05) is 24.3 Å². The van der Waals surface area contributed by atoms with Gasteiger partial charge in [-0.3, -0.25) is 4.98 Å². The zero-order chi connectivity index (χ0) is 34.1. The topological polar surface area (TPSA) is 143 Å². The van der Waals surface area contributed by atoms with E-state index in [0.29, 0.717) is 59.0 Å². The number of benzene rings is 2. The van der Waals surface area contributed by atoms with Gasteiger partial charge in [0.1, 0.15) is 22.3 Å². The lowest BCUT2D eigenvalue weighted by Gasteiger charge is -2.16. The molecule has 0 saturated carbocycles. The van der Waals surface area contributed by atoms with Crippen molar-refractivity contribution in [1.29, 1.82) is 0 Å². The van der Waals surface area contributed by atoms with E-state index in [4.69, 9.17) is 19.1 Å². The lowest BCUT2D eigenvalue weighted by Crippen LogP contribution is -2.23. The van der Waals surface area contributed by atoms with Gasteiger partial charge in [0.25, 0.3) is 5.89 Å². The quantitative estimate of drug-likeness (QED) is 0.179. The summed E-state index contributed by atoms with van der Waals surface area (Å²) < 4.78 is 56.0. The first-order valence-corrected chi connectivity index (χ1v) is 18.8. The second-order valence-electron chi connectivity index (χ2n) is 12.8. The first-order chi connectivity index (χ1) is 24.3. The van der Waals surface area contributed by atoms with Crippen molar-refractivity contribution in [2.24, 2.45) is 0 Å². The Hall–Kier alpha value is -4.92. The normalized spacial score (nSPS) is 19.1. The summed E-state index contributed by atoms with van der Waals surface area (Å²) in [6.45, 7) is 0.401. The second-order valence-corrected chi connectivity index (χ2v) is 15.7. The summed E-state index contributed by atoms with van der Waals surface area (Å²) in [4.78, 5) is 22.9. The number of sulfonamides is 1. The Labute approximate surface area is 290 Å². The second kappa shape index (κ2) is 11.9. The molecule has 1 saturated heterocycles. The summed E-state index contributed by atoms with van der Waals surface area (Å²) in [5, 5.41) is 11.1. The van der Waals surface area contributed by atoms with Gasteiger partial charge in [0, 0.05) is 23.2 Å². The number of anilines is 1. The van der Waals surface area contributed by atoms with Crippen LogP contribution in [0.3, 0.4) is 0 Å². The van der Waals surface area contributed by atoms with Crippen LogP contribution in [0.2, 0.25) is 0 Å². The van der Waals surface area contributed by atoms with Crippen molar-refractivity contribution in [3.63, 3.8) is 0 Å². The molecule has 1 fully saturated rings. The number of ether oxygens (including phenoxy) is 1. The fourth-order valence-corrected chi connectivity index (χ4v) is 11.0. The van der Waals surface area contributed by atoms with Crippen LogP contribution in [0.5, 0.6) is 5.75 Å². The molecule has 2 aromatic carbocycles. The van der Waals surface area contributed by atoms with Crippen LogP contribution in [0.15, 0.2) is 74.9 Å². The maximum absolute atomic E-state index is 14.4. The maximum Gasteiger partial charge on any atom is 0.434 e. The molecular weight excluding hydrogens is 680 g/mol. The Bertz CT molecular complexity index is 2480. The molecule has 0 bridgehead atoms. The Morgan fingerprint density at radius 3 is 2.78 bits per heavy atom. The minimum Gasteiger partial charge on any atom is -0.496 e. The van der Waals surface area contributed by atoms with Gasteiger partial charge in [-0.15, -0.1) is 16.4 Å². The van der Waals surface area contributed by atoms with Gasteiger partial charge < -0.3 is 14.5 Å². The third-order valence-electron chi connectivity index (χ3n) is 9.99. The third-order valence-corrected chi connectivity index (χ3v) is 13.2. The van der Waals surface area contributed by atoms with E-state index in [0.717, 1.165) is 40.7 Å². The summed E-state index contributed by atoms with van der Waals surface area (Å²) in [6.07, 6.45) is 5.75. The molecular formula is C36H31FN6O5S2. The van der Waals surface area contributed by atoms with Crippen molar-refractivity contribution < 1.29 is 22.0 Å². The average molecular weight is 711 g/mol. The summed E-state index contributed by atoms with van der Waals surface area (Å²) in [5.41, 5.74) is 5.04. The van der Waals surface area contributed by atoms with Crippen molar-refractivity contribution in [1.82, 2.24) is 24.5 Å². The number of aromatic amines is 1. The number of pyridine rings is 2. The van der Waals surface area contributed by atoms with Gasteiger partial charge >= 0.3 is 5.76 Å². The van der Waals surface area contributed by atoms with E-state index in [2.05, 4.69) is 21.6 Å². The van der Waals surface area contributed by atoms with Crippen molar-refractivity contribution >= 4 is 37.3 Å². The fourth-order valence-electron chi connectivity index (χ4n) is 7.76. The number of aryl methyl sites for hydroxylation is 2. The summed E-state index contributed by atoms with van der Waals surface area (Å²) in [5.74, 6) is 0.430. The van der Waals surface area contributed by atoms with Crippen molar-refractivity contribution in [3.05, 3.63) is 105 Å². The monoisotopic (exact) mass is 710 g/mol. The van der Waals surface area contributed by atoms with Gasteiger partial charge in [-0.1, -0.05) is 24.3 Å². The fraction of sp³-hybridized carbons (Fsp3) is 0.278. The lowest BCUT2D eigenvalue weighted by molar-refractivity contribution is 0.410. The number of hydrogen-bond acceptors (Lipinski definition) is 10. The molecule has 2 atom stereocenters. The SMILES string of the molecule is COc1cccc2c1CC[C@@H]2Nc1nccc2cc(-c3c(-c4n[nH]c(=O)o4)c(CCc4ccc(F)cc4)nc4c3S(=O)(=O)N3CCCC43)sc12. The zero-order valence-electron chi connectivity index (χ0n) is 26.9. The number of halogens is 1. The number of fused-ring (bicyclic) bond motifs is 5. The van der Waals surface area contributed by atoms with Crippen molar-refractivity contribution in [2.75, 3.05) is 19.0 Å². The largest absolute Gasteiger partial charge is 0.496 e. The number of nitrogens with one attached hydrogen (secondary N) is 2. The van der Waals surface area contributed by atoms with E-state index >= 15 is 0 Å². The summed E-state index contributed by atoms with van der Waals surface area (Å²) in [7, 11) is -2.26. The lowest BCUT2D eigenvalue weighted by atomic mass is 9.96. The molecule has 2 aliphatic heterocycles. The standard InChI is InChI=1S/C36H31FN6O5S2/c1-47-27-6-2-4-22-23(27)12-14-24(22)40-34-32-20(15-16-38-34)18-28(49-32)30-29(35-41-42-36(44)48-35)25(13-9-19-7-10-21(37)11-8-19)39-31-26-5-3-17-43(26)50(45,46)33(30)31/h2,4,6-8,10-11,15-16,18,24,26H,3,5,9,12-14,17H2,1H3,(H,38,40)(H,42,44)/t24-,26?/m0/s1. The Kier molecular flexibility index (Phi) is 7.37. The Balaban J connectivity index is 1.23. The van der Waals surface area contributed by atoms with Crippen LogP contribution in [0.25, 0.3) is 32.0 Å². The van der Waals surface area contributed by atoms with Gasteiger partial charge in [-0.25, -0.2) is 27.7 Å². The molecule has 6 aromatic rings. The minimum atomic E-state index is -3.95. The molecule has 2 N–H and O–H groups in total. The van der Waals surface area contributed by atoms with Gasteiger partial charge in [0.2, 0.25) is 10.0 Å². The van der Waals surface area contributed by atoms with Crippen LogP contribution >= 0.6 is 11.3 Å². The van der Waals surface area contributed by atoms with Gasteiger partial charge in [-0.2, -0.15) is 4.31 Å². The summed E-state index contributed by atoms with van der Waals surface area (Å²) in [6, 6.07) is 15.8. The molecule has 9 rings (SSSR count). The van der Waals surface area contributed by atoms with Gasteiger partial charge in [0.05, 0.1) is 40.8 Å². The number of methoxy groups -OCH3 is 1. The van der Waals surface area contributed by atoms with Crippen LogP contribution in [0.1, 0.15) is 59.4 Å². The van der Waals surface area contributed by atoms with E-state index in [9.17, 15) is 17.6 Å². The molecule has 14 heteroatoms. The first kappa shape index (κ1) is 31.1. The molecule has 3 aliphatic rings. The average Bonchev–Trinajstić information content (AvgIpc) is 3.95. The molecule has 0 amide bonds. The van der Waals surface area contributed by atoms with E-state index in [1.54, 1.807) is 25.4 Å². The number of H-pyrrole nitrogens is 1. The number of thiophene rings is 1. The molecule has 50 heavy (non-hydrogen) atoms. The van der Waals surface area contributed by atoms with Gasteiger partial charge in [-0.05, 0) is 90.9 Å². The maximum atomic E-state index is 14.4. The molecule has 6 heterocycles. The van der Waals surface area contributed by atoms with Crippen LogP contribution < -0.4 is 15.8 Å². The van der Waals surface area contributed by atoms with E-state index in [1.165, 1.54) is 38.9 Å². The molecule has 11 nitrogen and oxygen atoms in total. The zero-order valence-corrected chi connectivity index (χ0v) is 28.5. The molecule has 254 valence electrons. The van der Waals surface area contributed by atoms with Crippen LogP contribution in [-0.2, 0) is 29.3 Å². The predicted molar refractivity (Wildman–Crippen MR) is 186 cm³/mol. The minimum absolute atomic E-state index is 0.0217. The number of aromatic nitrogens is 4. The number of nitrogens with zero attached hydrogens (tertiary/aromatic N) is 4. The van der Waals surface area contributed by atoms with Crippen LogP contribution in [0.4, 0.5) is 10.2 Å². The molecule has 4 aromatic heterocycles. The van der Waals surface area contributed by atoms with Crippen LogP contribution in [-0.4, -0.2) is 46.5 Å². The highest BCUT2D eigenvalue weighted by Gasteiger charge is 2.49.